The highest BCUT2D eigenvalue weighted by molar-refractivity contribution is 6.31. The van der Waals surface area contributed by atoms with E-state index in [1.54, 1.807) is 0 Å². The van der Waals surface area contributed by atoms with Gasteiger partial charge >= 0.3 is 0 Å². The lowest BCUT2D eigenvalue weighted by Crippen LogP contribution is -2.43. The van der Waals surface area contributed by atoms with E-state index < -0.39 is 0 Å². The molecule has 1 fully saturated rings. The van der Waals surface area contributed by atoms with Crippen molar-refractivity contribution in [3.63, 3.8) is 0 Å². The lowest BCUT2D eigenvalue weighted by atomic mass is 10.0. The smallest absolute Gasteiger partial charge is 0.0882 e. The lowest BCUT2D eigenvalue weighted by Gasteiger charge is -2.38. The molecule has 0 bridgehead atoms. The Labute approximate surface area is 107 Å². The van der Waals surface area contributed by atoms with Crippen LogP contribution in [0.2, 0.25) is 5.02 Å². The first-order chi connectivity index (χ1) is 8.24. The van der Waals surface area contributed by atoms with Gasteiger partial charge in [-0.25, -0.2) is 5.90 Å². The quantitative estimate of drug-likeness (QED) is 0.843. The SMILES string of the molecule is Cc1c(Cl)cccc1N1CCCCC1CON. The van der Waals surface area contributed by atoms with Crippen LogP contribution < -0.4 is 10.8 Å². The van der Waals surface area contributed by atoms with Crippen molar-refractivity contribution < 1.29 is 4.84 Å². The second-order valence-electron chi connectivity index (χ2n) is 4.56. The predicted molar refractivity (Wildman–Crippen MR) is 71.3 cm³/mol. The van der Waals surface area contributed by atoms with Crippen molar-refractivity contribution in [1.29, 1.82) is 0 Å². The topological polar surface area (TPSA) is 38.5 Å². The zero-order valence-electron chi connectivity index (χ0n) is 10.2. The molecule has 0 saturated carbocycles. The van der Waals surface area contributed by atoms with Crippen LogP contribution >= 0.6 is 11.6 Å². The van der Waals surface area contributed by atoms with Crippen molar-refractivity contribution in [3.05, 3.63) is 28.8 Å². The van der Waals surface area contributed by atoms with Gasteiger partial charge in [-0.3, -0.25) is 0 Å². The first-order valence-electron chi connectivity index (χ1n) is 6.07. The van der Waals surface area contributed by atoms with Gasteiger partial charge in [0.05, 0.1) is 12.6 Å². The van der Waals surface area contributed by atoms with Gasteiger partial charge < -0.3 is 9.74 Å². The van der Waals surface area contributed by atoms with Crippen LogP contribution in [0.15, 0.2) is 18.2 Å². The molecule has 1 aromatic carbocycles. The van der Waals surface area contributed by atoms with Crippen molar-refractivity contribution in [2.75, 3.05) is 18.1 Å². The third-order valence-electron chi connectivity index (χ3n) is 3.46. The van der Waals surface area contributed by atoms with Gasteiger partial charge in [0.25, 0.3) is 0 Å². The van der Waals surface area contributed by atoms with E-state index in [2.05, 4.69) is 17.9 Å². The second-order valence-corrected chi connectivity index (χ2v) is 4.97. The van der Waals surface area contributed by atoms with Crippen LogP contribution in [0, 0.1) is 6.92 Å². The summed E-state index contributed by atoms with van der Waals surface area (Å²) in [7, 11) is 0. The van der Waals surface area contributed by atoms with Crippen LogP contribution in [0.25, 0.3) is 0 Å². The Morgan fingerprint density at radius 3 is 3.06 bits per heavy atom. The standard InChI is InChI=1S/C13H19ClN2O/c1-10-12(14)6-4-7-13(10)16-8-3-2-5-11(16)9-17-15/h4,6-7,11H,2-3,5,8-9,15H2,1H3. The van der Waals surface area contributed by atoms with Crippen molar-refractivity contribution in [2.45, 2.75) is 32.2 Å². The van der Waals surface area contributed by atoms with E-state index in [9.17, 15) is 0 Å². The Kier molecular flexibility index (Phi) is 4.26. The molecule has 1 unspecified atom stereocenters. The zero-order chi connectivity index (χ0) is 12.3. The van der Waals surface area contributed by atoms with E-state index in [0.29, 0.717) is 12.6 Å². The van der Waals surface area contributed by atoms with Gasteiger partial charge in [0, 0.05) is 17.3 Å². The minimum atomic E-state index is 0.367. The van der Waals surface area contributed by atoms with Crippen LogP contribution in [-0.2, 0) is 4.84 Å². The van der Waals surface area contributed by atoms with E-state index in [1.165, 1.54) is 18.5 Å². The normalized spacial score (nSPS) is 20.6. The molecule has 1 aliphatic heterocycles. The first-order valence-corrected chi connectivity index (χ1v) is 6.45. The maximum atomic E-state index is 6.18. The van der Waals surface area contributed by atoms with E-state index in [4.69, 9.17) is 22.3 Å². The van der Waals surface area contributed by atoms with Crippen molar-refractivity contribution >= 4 is 17.3 Å². The average molecular weight is 255 g/mol. The summed E-state index contributed by atoms with van der Waals surface area (Å²) in [5.74, 6) is 5.21. The highest BCUT2D eigenvalue weighted by atomic mass is 35.5. The van der Waals surface area contributed by atoms with Gasteiger partial charge in [0.15, 0.2) is 0 Å². The van der Waals surface area contributed by atoms with Gasteiger partial charge in [-0.05, 0) is 43.9 Å². The van der Waals surface area contributed by atoms with Crippen LogP contribution in [0.5, 0.6) is 0 Å². The minimum Gasteiger partial charge on any atom is -0.366 e. The average Bonchev–Trinajstić information content (AvgIpc) is 2.34. The number of nitrogens with zero attached hydrogens (tertiary/aromatic N) is 1. The molecule has 1 heterocycles. The summed E-state index contributed by atoms with van der Waals surface area (Å²) in [4.78, 5) is 7.20. The summed E-state index contributed by atoms with van der Waals surface area (Å²) in [5.41, 5.74) is 2.34. The number of benzene rings is 1. The maximum Gasteiger partial charge on any atom is 0.0882 e. The predicted octanol–water partition coefficient (Wildman–Crippen LogP) is 2.90. The van der Waals surface area contributed by atoms with Gasteiger partial charge in [-0.15, -0.1) is 0 Å². The molecule has 0 spiro atoms. The summed E-state index contributed by atoms with van der Waals surface area (Å²) >= 11 is 6.18. The number of hydrogen-bond donors (Lipinski definition) is 1. The fraction of sp³-hybridized carbons (Fsp3) is 0.538. The molecule has 1 saturated heterocycles. The number of hydrogen-bond acceptors (Lipinski definition) is 3. The fourth-order valence-electron chi connectivity index (χ4n) is 2.51. The number of halogens is 1. The summed E-state index contributed by atoms with van der Waals surface area (Å²) < 4.78 is 0. The number of piperidine rings is 1. The van der Waals surface area contributed by atoms with Crippen molar-refractivity contribution in [3.8, 4) is 0 Å². The van der Waals surface area contributed by atoms with Gasteiger partial charge in [0.1, 0.15) is 0 Å². The molecule has 1 aliphatic rings. The Bertz CT molecular complexity index is 382. The van der Waals surface area contributed by atoms with Crippen LogP contribution in [-0.4, -0.2) is 19.2 Å². The number of nitrogens with two attached hydrogens (primary N) is 1. The molecular formula is C13H19ClN2O. The summed E-state index contributed by atoms with van der Waals surface area (Å²) in [6.45, 7) is 3.69. The van der Waals surface area contributed by atoms with E-state index >= 15 is 0 Å². The third-order valence-corrected chi connectivity index (χ3v) is 3.87. The van der Waals surface area contributed by atoms with Gasteiger partial charge in [-0.2, -0.15) is 0 Å². The van der Waals surface area contributed by atoms with Crippen LogP contribution in [0.4, 0.5) is 5.69 Å². The third kappa shape index (κ3) is 2.73. The summed E-state index contributed by atoms with van der Waals surface area (Å²) in [6, 6.07) is 6.42. The second kappa shape index (κ2) is 5.71. The molecule has 2 N–H and O–H groups in total. The fourth-order valence-corrected chi connectivity index (χ4v) is 2.68. The molecule has 1 atom stereocenters. The number of anilines is 1. The molecule has 0 amide bonds. The van der Waals surface area contributed by atoms with E-state index in [-0.39, 0.29) is 0 Å². The van der Waals surface area contributed by atoms with Crippen LogP contribution in [0.1, 0.15) is 24.8 Å². The summed E-state index contributed by atoms with van der Waals surface area (Å²) in [6.07, 6.45) is 3.58. The highest BCUT2D eigenvalue weighted by Gasteiger charge is 2.24. The van der Waals surface area contributed by atoms with Crippen molar-refractivity contribution in [2.24, 2.45) is 5.90 Å². The molecular weight excluding hydrogens is 236 g/mol. The summed E-state index contributed by atoms with van der Waals surface area (Å²) in [5, 5.41) is 0.820. The molecule has 0 radical (unpaired) electrons. The Morgan fingerprint density at radius 2 is 2.29 bits per heavy atom. The Balaban J connectivity index is 2.26. The Hall–Kier alpha value is -0.770. The lowest BCUT2D eigenvalue weighted by molar-refractivity contribution is 0.114. The molecule has 17 heavy (non-hydrogen) atoms. The molecule has 4 heteroatoms. The van der Waals surface area contributed by atoms with Crippen LogP contribution in [0.3, 0.4) is 0 Å². The maximum absolute atomic E-state index is 6.18. The molecule has 3 nitrogen and oxygen atoms in total. The molecule has 0 aliphatic carbocycles. The highest BCUT2D eigenvalue weighted by Crippen LogP contribution is 2.31. The minimum absolute atomic E-state index is 0.367. The van der Waals surface area contributed by atoms with Gasteiger partial charge in [-0.1, -0.05) is 17.7 Å². The largest absolute Gasteiger partial charge is 0.366 e. The monoisotopic (exact) mass is 254 g/mol. The first kappa shape index (κ1) is 12.7. The number of rotatable bonds is 3. The molecule has 0 aromatic heterocycles. The molecule has 1 aromatic rings. The Morgan fingerprint density at radius 1 is 1.47 bits per heavy atom. The van der Waals surface area contributed by atoms with Gasteiger partial charge in [0.2, 0.25) is 0 Å². The zero-order valence-corrected chi connectivity index (χ0v) is 10.9. The molecule has 94 valence electrons. The van der Waals surface area contributed by atoms with Crippen molar-refractivity contribution in [1.82, 2.24) is 0 Å². The van der Waals surface area contributed by atoms with E-state index in [0.717, 1.165) is 23.6 Å². The van der Waals surface area contributed by atoms with E-state index in [1.807, 2.05) is 12.1 Å². The molecule has 2 rings (SSSR count).